The number of pyridine rings is 2. The SMILES string of the molecule is COC[C@H]1CCCN1c1cc(-c2cc(NC(=O)OC)ncc2C)cc(=O)[nH]1. The summed E-state index contributed by atoms with van der Waals surface area (Å²) in [4.78, 5) is 33.1. The fourth-order valence-corrected chi connectivity index (χ4v) is 3.42. The Balaban J connectivity index is 1.98. The predicted octanol–water partition coefficient (Wildman–Crippen LogP) is 2.54. The van der Waals surface area contributed by atoms with E-state index in [1.54, 1.807) is 25.4 Å². The Hall–Kier alpha value is -2.87. The monoisotopic (exact) mass is 372 g/mol. The summed E-state index contributed by atoms with van der Waals surface area (Å²) >= 11 is 0. The third-order valence-electron chi connectivity index (χ3n) is 4.71. The van der Waals surface area contributed by atoms with Crippen LogP contribution >= 0.6 is 0 Å². The summed E-state index contributed by atoms with van der Waals surface area (Å²) in [6.45, 7) is 3.40. The van der Waals surface area contributed by atoms with Crippen LogP contribution in [0.4, 0.5) is 16.4 Å². The fraction of sp³-hybridized carbons (Fsp3) is 0.421. The first-order chi connectivity index (χ1) is 13.0. The van der Waals surface area contributed by atoms with E-state index in [9.17, 15) is 9.59 Å². The molecule has 0 aromatic carbocycles. The van der Waals surface area contributed by atoms with Gasteiger partial charge in [-0.05, 0) is 48.6 Å². The molecule has 1 saturated heterocycles. The van der Waals surface area contributed by atoms with Crippen LogP contribution in [0, 0.1) is 6.92 Å². The number of hydrogen-bond acceptors (Lipinski definition) is 6. The highest BCUT2D eigenvalue weighted by Crippen LogP contribution is 2.29. The van der Waals surface area contributed by atoms with Crippen molar-refractivity contribution in [2.24, 2.45) is 0 Å². The van der Waals surface area contributed by atoms with Crippen LogP contribution in [0.15, 0.2) is 29.2 Å². The maximum Gasteiger partial charge on any atom is 0.412 e. The maximum absolute atomic E-state index is 12.3. The molecule has 8 heteroatoms. The number of nitrogens with one attached hydrogen (secondary N) is 2. The molecule has 2 aromatic heterocycles. The lowest BCUT2D eigenvalue weighted by Gasteiger charge is -2.26. The van der Waals surface area contributed by atoms with Crippen molar-refractivity contribution in [2.75, 3.05) is 37.6 Å². The van der Waals surface area contributed by atoms with Gasteiger partial charge in [-0.15, -0.1) is 0 Å². The van der Waals surface area contributed by atoms with Gasteiger partial charge in [0.15, 0.2) is 0 Å². The van der Waals surface area contributed by atoms with Gasteiger partial charge in [-0.3, -0.25) is 10.1 Å². The number of rotatable bonds is 5. The molecule has 1 aliphatic heterocycles. The minimum absolute atomic E-state index is 0.177. The Bertz CT molecular complexity index is 880. The first kappa shape index (κ1) is 18.9. The number of hydrogen-bond donors (Lipinski definition) is 2. The minimum atomic E-state index is -0.594. The number of carbonyl (C=O) groups excluding carboxylic acids is 1. The molecule has 3 rings (SSSR count). The Labute approximate surface area is 157 Å². The molecule has 27 heavy (non-hydrogen) atoms. The van der Waals surface area contributed by atoms with Crippen molar-refractivity contribution in [3.63, 3.8) is 0 Å². The Morgan fingerprint density at radius 3 is 2.93 bits per heavy atom. The summed E-state index contributed by atoms with van der Waals surface area (Å²) in [6.07, 6.45) is 3.15. The minimum Gasteiger partial charge on any atom is -0.453 e. The van der Waals surface area contributed by atoms with Gasteiger partial charge in [-0.2, -0.15) is 0 Å². The van der Waals surface area contributed by atoms with Crippen LogP contribution in [-0.2, 0) is 9.47 Å². The van der Waals surface area contributed by atoms with Crippen LogP contribution in [0.5, 0.6) is 0 Å². The molecule has 0 bridgehead atoms. The molecular weight excluding hydrogens is 348 g/mol. The van der Waals surface area contributed by atoms with Gasteiger partial charge in [0.25, 0.3) is 0 Å². The lowest BCUT2D eigenvalue weighted by atomic mass is 10.0. The summed E-state index contributed by atoms with van der Waals surface area (Å²) < 4.78 is 9.92. The lowest BCUT2D eigenvalue weighted by molar-refractivity contribution is 0.180. The van der Waals surface area contributed by atoms with E-state index in [1.165, 1.54) is 7.11 Å². The van der Waals surface area contributed by atoms with E-state index in [4.69, 9.17) is 4.74 Å². The van der Waals surface area contributed by atoms with Gasteiger partial charge in [0.05, 0.1) is 19.8 Å². The molecule has 2 aromatic rings. The first-order valence-electron chi connectivity index (χ1n) is 8.83. The second-order valence-electron chi connectivity index (χ2n) is 6.56. The number of amides is 1. The van der Waals surface area contributed by atoms with Crippen molar-refractivity contribution < 1.29 is 14.3 Å². The van der Waals surface area contributed by atoms with Crippen LogP contribution < -0.4 is 15.8 Å². The highest BCUT2D eigenvalue weighted by molar-refractivity contribution is 5.84. The first-order valence-corrected chi connectivity index (χ1v) is 8.83. The van der Waals surface area contributed by atoms with Crippen molar-refractivity contribution >= 4 is 17.7 Å². The molecule has 1 aliphatic rings. The van der Waals surface area contributed by atoms with Crippen molar-refractivity contribution in [1.82, 2.24) is 9.97 Å². The third kappa shape index (κ3) is 4.28. The number of anilines is 2. The van der Waals surface area contributed by atoms with Crippen LogP contribution in [0.25, 0.3) is 11.1 Å². The van der Waals surface area contributed by atoms with Gasteiger partial charge in [0.1, 0.15) is 11.6 Å². The van der Waals surface area contributed by atoms with Crippen molar-refractivity contribution in [3.05, 3.63) is 40.3 Å². The zero-order valence-electron chi connectivity index (χ0n) is 15.7. The molecule has 1 amide bonds. The van der Waals surface area contributed by atoms with Gasteiger partial charge in [-0.25, -0.2) is 9.78 Å². The van der Waals surface area contributed by atoms with Crippen molar-refractivity contribution in [1.29, 1.82) is 0 Å². The van der Waals surface area contributed by atoms with Gasteiger partial charge in [0.2, 0.25) is 5.56 Å². The summed E-state index contributed by atoms with van der Waals surface area (Å²) in [5.41, 5.74) is 2.32. The third-order valence-corrected chi connectivity index (χ3v) is 4.71. The number of aromatic amines is 1. The molecule has 0 spiro atoms. The van der Waals surface area contributed by atoms with Crippen LogP contribution in [0.1, 0.15) is 18.4 Å². The van der Waals surface area contributed by atoms with Crippen LogP contribution in [0.2, 0.25) is 0 Å². The molecule has 2 N–H and O–H groups in total. The van der Waals surface area contributed by atoms with E-state index >= 15 is 0 Å². The Morgan fingerprint density at radius 1 is 1.37 bits per heavy atom. The van der Waals surface area contributed by atoms with Gasteiger partial charge < -0.3 is 19.4 Å². The predicted molar refractivity (Wildman–Crippen MR) is 103 cm³/mol. The number of nitrogens with zero attached hydrogens (tertiary/aromatic N) is 2. The number of H-pyrrole nitrogens is 1. The fourth-order valence-electron chi connectivity index (χ4n) is 3.42. The molecule has 1 atom stereocenters. The number of ether oxygens (including phenoxy) is 2. The molecule has 0 radical (unpaired) electrons. The molecule has 0 aliphatic carbocycles. The molecule has 8 nitrogen and oxygen atoms in total. The summed E-state index contributed by atoms with van der Waals surface area (Å²) in [6, 6.07) is 5.49. The highest BCUT2D eigenvalue weighted by Gasteiger charge is 2.25. The lowest BCUT2D eigenvalue weighted by Crippen LogP contribution is -2.34. The summed E-state index contributed by atoms with van der Waals surface area (Å²) in [7, 11) is 2.98. The van der Waals surface area contributed by atoms with E-state index in [2.05, 4.69) is 24.9 Å². The smallest absolute Gasteiger partial charge is 0.412 e. The molecule has 3 heterocycles. The zero-order valence-corrected chi connectivity index (χ0v) is 15.7. The highest BCUT2D eigenvalue weighted by atomic mass is 16.5. The second-order valence-corrected chi connectivity index (χ2v) is 6.56. The number of aromatic nitrogens is 2. The van der Waals surface area contributed by atoms with E-state index in [1.807, 2.05) is 13.0 Å². The van der Waals surface area contributed by atoms with Gasteiger partial charge in [-0.1, -0.05) is 0 Å². The van der Waals surface area contributed by atoms with Gasteiger partial charge in [0, 0.05) is 25.9 Å². The molecule has 144 valence electrons. The maximum atomic E-state index is 12.3. The van der Waals surface area contributed by atoms with E-state index in [-0.39, 0.29) is 11.6 Å². The topological polar surface area (TPSA) is 96.5 Å². The average Bonchev–Trinajstić information content (AvgIpc) is 3.11. The number of carbonyl (C=O) groups is 1. The normalized spacial score (nSPS) is 16.4. The van der Waals surface area contributed by atoms with Crippen LogP contribution in [0.3, 0.4) is 0 Å². The molecule has 0 saturated carbocycles. The molecule has 0 unspecified atom stereocenters. The zero-order chi connectivity index (χ0) is 19.4. The summed E-state index contributed by atoms with van der Waals surface area (Å²) in [5, 5.41) is 2.55. The largest absolute Gasteiger partial charge is 0.453 e. The van der Waals surface area contributed by atoms with Crippen molar-refractivity contribution in [3.8, 4) is 11.1 Å². The summed E-state index contributed by atoms with van der Waals surface area (Å²) in [5.74, 6) is 1.14. The standard InChI is InChI=1S/C19H24N4O4/c1-12-10-20-16(21-19(25)27-3)9-15(12)13-7-17(22-18(24)8-13)23-6-4-5-14(23)11-26-2/h7-10,14H,4-6,11H2,1-3H3,(H,22,24)(H,20,21,25)/t14-/m1/s1. The second kappa shape index (κ2) is 8.22. The van der Waals surface area contributed by atoms with Crippen LogP contribution in [-0.4, -0.2) is 49.5 Å². The van der Waals surface area contributed by atoms with E-state index < -0.39 is 6.09 Å². The van der Waals surface area contributed by atoms with E-state index in [0.717, 1.165) is 41.9 Å². The molecular formula is C19H24N4O4. The quantitative estimate of drug-likeness (QED) is 0.837. The Morgan fingerprint density at radius 2 is 2.19 bits per heavy atom. The van der Waals surface area contributed by atoms with Gasteiger partial charge >= 0.3 is 6.09 Å². The van der Waals surface area contributed by atoms with E-state index in [0.29, 0.717) is 12.4 Å². The number of methoxy groups -OCH3 is 2. The number of aryl methyl sites for hydroxylation is 1. The molecule has 1 fully saturated rings. The average molecular weight is 372 g/mol. The Kier molecular flexibility index (Phi) is 5.75. The van der Waals surface area contributed by atoms with Crippen molar-refractivity contribution in [2.45, 2.75) is 25.8 Å².